The van der Waals surface area contributed by atoms with Crippen LogP contribution in [0, 0.1) is 5.41 Å². The topological polar surface area (TPSA) is 53.6 Å². The Morgan fingerprint density at radius 2 is 2.44 bits per heavy atom. The van der Waals surface area contributed by atoms with Gasteiger partial charge in [0.1, 0.15) is 12.2 Å². The highest BCUT2D eigenvalue weighted by atomic mass is 15.2. The van der Waals surface area contributed by atoms with E-state index in [0.717, 1.165) is 25.2 Å². The fourth-order valence-electron chi connectivity index (χ4n) is 2.59. The molecule has 4 heteroatoms. The Balaban J connectivity index is 1.65. The van der Waals surface area contributed by atoms with Crippen LogP contribution in [0.3, 0.4) is 0 Å². The zero-order valence-electron chi connectivity index (χ0n) is 10.3. The van der Waals surface area contributed by atoms with Crippen molar-refractivity contribution in [2.75, 3.05) is 6.54 Å². The van der Waals surface area contributed by atoms with Crippen molar-refractivity contribution >= 4 is 0 Å². The maximum absolute atomic E-state index is 4.12. The first-order valence-corrected chi connectivity index (χ1v) is 6.26. The van der Waals surface area contributed by atoms with Crippen LogP contribution in [0.5, 0.6) is 0 Å². The zero-order chi connectivity index (χ0) is 11.4. The number of H-pyrrole nitrogens is 1. The quantitative estimate of drug-likeness (QED) is 0.748. The van der Waals surface area contributed by atoms with Gasteiger partial charge in [0.2, 0.25) is 0 Å². The van der Waals surface area contributed by atoms with Crippen molar-refractivity contribution in [3.8, 4) is 0 Å². The van der Waals surface area contributed by atoms with Crippen LogP contribution in [0.2, 0.25) is 0 Å². The van der Waals surface area contributed by atoms with E-state index in [0.29, 0.717) is 11.5 Å². The van der Waals surface area contributed by atoms with E-state index in [2.05, 4.69) is 34.3 Å². The summed E-state index contributed by atoms with van der Waals surface area (Å²) in [4.78, 5) is 4.12. The van der Waals surface area contributed by atoms with E-state index in [1.165, 1.54) is 19.3 Å². The molecule has 4 nitrogen and oxygen atoms in total. The van der Waals surface area contributed by atoms with Gasteiger partial charge in [0.15, 0.2) is 0 Å². The molecule has 1 aromatic heterocycles. The van der Waals surface area contributed by atoms with E-state index in [9.17, 15) is 0 Å². The summed E-state index contributed by atoms with van der Waals surface area (Å²) in [5.41, 5.74) is 0.478. The molecule has 1 fully saturated rings. The van der Waals surface area contributed by atoms with Gasteiger partial charge in [-0.05, 0) is 31.2 Å². The van der Waals surface area contributed by atoms with Crippen molar-refractivity contribution in [3.63, 3.8) is 0 Å². The van der Waals surface area contributed by atoms with Crippen LogP contribution >= 0.6 is 0 Å². The van der Waals surface area contributed by atoms with Crippen LogP contribution in [0.4, 0.5) is 0 Å². The van der Waals surface area contributed by atoms with E-state index in [1.54, 1.807) is 6.33 Å². The minimum atomic E-state index is 0.478. The maximum atomic E-state index is 4.12. The highest BCUT2D eigenvalue weighted by Gasteiger charge is 2.33. The van der Waals surface area contributed by atoms with Crippen molar-refractivity contribution < 1.29 is 0 Å². The molecule has 90 valence electrons. The Morgan fingerprint density at radius 1 is 1.56 bits per heavy atom. The van der Waals surface area contributed by atoms with Crippen LogP contribution in [0.1, 0.15) is 45.4 Å². The Hall–Kier alpha value is -0.900. The lowest BCUT2D eigenvalue weighted by atomic mass is 9.87. The molecule has 0 spiro atoms. The third kappa shape index (κ3) is 2.82. The summed E-state index contributed by atoms with van der Waals surface area (Å²) in [6.45, 7) is 5.82. The molecule has 1 unspecified atom stereocenters. The van der Waals surface area contributed by atoms with E-state index < -0.39 is 0 Å². The Kier molecular flexibility index (Phi) is 3.59. The molecule has 2 N–H and O–H groups in total. The zero-order valence-corrected chi connectivity index (χ0v) is 10.3. The predicted octanol–water partition coefficient (Wildman–Crippen LogP) is 1.91. The van der Waals surface area contributed by atoms with Crippen molar-refractivity contribution in [2.45, 2.75) is 52.0 Å². The van der Waals surface area contributed by atoms with E-state index in [-0.39, 0.29) is 0 Å². The second-order valence-electron chi connectivity index (χ2n) is 5.42. The Labute approximate surface area is 97.2 Å². The summed E-state index contributed by atoms with van der Waals surface area (Å²) in [5, 5.41) is 10.4. The highest BCUT2D eigenvalue weighted by Crippen LogP contribution is 2.36. The molecule has 0 aromatic carbocycles. The molecule has 1 aromatic rings. The van der Waals surface area contributed by atoms with E-state index >= 15 is 0 Å². The van der Waals surface area contributed by atoms with Crippen LogP contribution in [0.15, 0.2) is 6.33 Å². The monoisotopic (exact) mass is 222 g/mol. The molecule has 0 saturated heterocycles. The first-order valence-electron chi connectivity index (χ1n) is 6.26. The van der Waals surface area contributed by atoms with Gasteiger partial charge in [0.25, 0.3) is 0 Å². The van der Waals surface area contributed by atoms with Crippen molar-refractivity contribution in [2.24, 2.45) is 5.41 Å². The van der Waals surface area contributed by atoms with Gasteiger partial charge in [-0.15, -0.1) is 0 Å². The molecule has 1 aliphatic carbocycles. The summed E-state index contributed by atoms with van der Waals surface area (Å²) in [6.07, 6.45) is 7.74. The SMILES string of the molecule is CC1(C)CCCC1NCCCc1ncn[nH]1. The van der Waals surface area contributed by atoms with Gasteiger partial charge in [0.05, 0.1) is 0 Å². The first kappa shape index (κ1) is 11.6. The van der Waals surface area contributed by atoms with Gasteiger partial charge in [0, 0.05) is 12.5 Å². The predicted molar refractivity (Wildman–Crippen MR) is 64.1 cm³/mol. The van der Waals surface area contributed by atoms with Gasteiger partial charge in [-0.2, -0.15) is 5.10 Å². The number of aromatic nitrogens is 3. The molecule has 1 atom stereocenters. The van der Waals surface area contributed by atoms with Crippen LogP contribution < -0.4 is 5.32 Å². The summed E-state index contributed by atoms with van der Waals surface area (Å²) in [7, 11) is 0. The fourth-order valence-corrected chi connectivity index (χ4v) is 2.59. The minimum Gasteiger partial charge on any atom is -0.313 e. The Bertz CT molecular complexity index is 305. The molecule has 0 bridgehead atoms. The lowest BCUT2D eigenvalue weighted by Gasteiger charge is -2.27. The summed E-state index contributed by atoms with van der Waals surface area (Å²) in [6, 6.07) is 0.697. The Morgan fingerprint density at radius 3 is 3.06 bits per heavy atom. The minimum absolute atomic E-state index is 0.478. The molecule has 0 radical (unpaired) electrons. The number of nitrogens with zero attached hydrogens (tertiary/aromatic N) is 2. The second kappa shape index (κ2) is 4.95. The molecule has 1 saturated carbocycles. The van der Waals surface area contributed by atoms with Gasteiger partial charge in [-0.25, -0.2) is 4.98 Å². The lowest BCUT2D eigenvalue weighted by Crippen LogP contribution is -2.38. The summed E-state index contributed by atoms with van der Waals surface area (Å²) in [5.74, 6) is 0.993. The lowest BCUT2D eigenvalue weighted by molar-refractivity contribution is 0.283. The highest BCUT2D eigenvalue weighted by molar-refractivity contribution is 4.90. The van der Waals surface area contributed by atoms with Crippen molar-refractivity contribution in [1.82, 2.24) is 20.5 Å². The summed E-state index contributed by atoms with van der Waals surface area (Å²) < 4.78 is 0. The molecule has 16 heavy (non-hydrogen) atoms. The summed E-state index contributed by atoms with van der Waals surface area (Å²) >= 11 is 0. The number of rotatable bonds is 5. The number of aryl methyl sites for hydroxylation is 1. The molecule has 2 rings (SSSR count). The molecule has 0 aliphatic heterocycles. The van der Waals surface area contributed by atoms with Crippen LogP contribution in [-0.4, -0.2) is 27.8 Å². The first-order chi connectivity index (χ1) is 7.68. The number of hydrogen-bond donors (Lipinski definition) is 2. The molecule has 1 aliphatic rings. The molecule has 0 amide bonds. The standard InChI is InChI=1S/C12H22N4/c1-12(2)7-3-5-10(12)13-8-4-6-11-14-9-15-16-11/h9-10,13H,3-8H2,1-2H3,(H,14,15,16). The average Bonchev–Trinajstić information content (AvgIpc) is 2.83. The number of nitrogens with one attached hydrogen (secondary N) is 2. The van der Waals surface area contributed by atoms with E-state index in [1.807, 2.05) is 0 Å². The molecular weight excluding hydrogens is 200 g/mol. The third-order valence-electron chi connectivity index (χ3n) is 3.70. The van der Waals surface area contributed by atoms with Gasteiger partial charge in [-0.3, -0.25) is 5.10 Å². The van der Waals surface area contributed by atoms with Crippen LogP contribution in [-0.2, 0) is 6.42 Å². The number of aromatic amines is 1. The maximum Gasteiger partial charge on any atom is 0.137 e. The second-order valence-corrected chi connectivity index (χ2v) is 5.42. The largest absolute Gasteiger partial charge is 0.313 e. The molecule has 1 heterocycles. The average molecular weight is 222 g/mol. The number of hydrogen-bond acceptors (Lipinski definition) is 3. The van der Waals surface area contributed by atoms with Gasteiger partial charge >= 0.3 is 0 Å². The van der Waals surface area contributed by atoms with E-state index in [4.69, 9.17) is 0 Å². The fraction of sp³-hybridized carbons (Fsp3) is 0.833. The van der Waals surface area contributed by atoms with Gasteiger partial charge in [-0.1, -0.05) is 20.3 Å². The third-order valence-corrected chi connectivity index (χ3v) is 3.70. The van der Waals surface area contributed by atoms with Gasteiger partial charge < -0.3 is 5.32 Å². The van der Waals surface area contributed by atoms with Crippen molar-refractivity contribution in [1.29, 1.82) is 0 Å². The molecular formula is C12H22N4. The van der Waals surface area contributed by atoms with Crippen molar-refractivity contribution in [3.05, 3.63) is 12.2 Å². The van der Waals surface area contributed by atoms with Crippen LogP contribution in [0.25, 0.3) is 0 Å². The normalized spacial score (nSPS) is 23.8. The smallest absolute Gasteiger partial charge is 0.137 e.